The van der Waals surface area contributed by atoms with E-state index in [0.717, 1.165) is 34.0 Å². The van der Waals surface area contributed by atoms with Crippen LogP contribution in [-0.2, 0) is 16.1 Å². The third-order valence-corrected chi connectivity index (χ3v) is 7.64. The van der Waals surface area contributed by atoms with Gasteiger partial charge in [0.25, 0.3) is 5.91 Å². The summed E-state index contributed by atoms with van der Waals surface area (Å²) in [6.45, 7) is 3.69. The minimum atomic E-state index is -0.215. The molecule has 2 aliphatic rings. The van der Waals surface area contributed by atoms with E-state index in [1.54, 1.807) is 17.2 Å². The molecule has 2 aliphatic heterocycles. The van der Waals surface area contributed by atoms with Crippen molar-refractivity contribution in [2.24, 2.45) is 0 Å². The third kappa shape index (κ3) is 5.79. The van der Waals surface area contributed by atoms with E-state index in [1.807, 2.05) is 43.3 Å². The van der Waals surface area contributed by atoms with Crippen LogP contribution in [0.2, 0.25) is 5.02 Å². The number of hydrogen-bond acceptors (Lipinski definition) is 6. The van der Waals surface area contributed by atoms with Gasteiger partial charge in [0.05, 0.1) is 23.0 Å². The van der Waals surface area contributed by atoms with Crippen molar-refractivity contribution < 1.29 is 14.3 Å². The summed E-state index contributed by atoms with van der Waals surface area (Å²) in [5.41, 5.74) is 3.68. The van der Waals surface area contributed by atoms with Crippen LogP contribution in [0.4, 0.5) is 5.95 Å². The highest BCUT2D eigenvalue weighted by Crippen LogP contribution is 2.32. The lowest BCUT2D eigenvalue weighted by Gasteiger charge is -2.23. The number of hydrogen-bond donors (Lipinski definition) is 2. The van der Waals surface area contributed by atoms with E-state index in [4.69, 9.17) is 16.3 Å². The molecular weight excluding hydrogens is 558 g/mol. The fraction of sp³-hybridized carbons (Fsp3) is 0.333. The molecule has 37 heavy (non-hydrogen) atoms. The molecule has 3 heterocycles. The Balaban J connectivity index is 1.27. The summed E-state index contributed by atoms with van der Waals surface area (Å²) in [5, 5.41) is 6.74. The van der Waals surface area contributed by atoms with Crippen molar-refractivity contribution in [2.75, 3.05) is 25.1 Å². The van der Waals surface area contributed by atoms with Crippen molar-refractivity contribution >= 4 is 45.3 Å². The molecular formula is C27H27BrClN5O3. The highest BCUT2D eigenvalue weighted by atomic mass is 79.9. The molecule has 2 aromatic carbocycles. The van der Waals surface area contributed by atoms with Crippen LogP contribution in [0, 0.1) is 0 Å². The number of anilines is 1. The van der Waals surface area contributed by atoms with Crippen LogP contribution in [0.1, 0.15) is 47.3 Å². The van der Waals surface area contributed by atoms with Gasteiger partial charge in [-0.15, -0.1) is 0 Å². The Morgan fingerprint density at radius 1 is 1.24 bits per heavy atom. The Morgan fingerprint density at radius 2 is 2.03 bits per heavy atom. The van der Waals surface area contributed by atoms with Gasteiger partial charge in [0.2, 0.25) is 11.9 Å². The monoisotopic (exact) mass is 583 g/mol. The van der Waals surface area contributed by atoms with Crippen LogP contribution in [0.3, 0.4) is 0 Å². The molecule has 2 N–H and O–H groups in total. The van der Waals surface area contributed by atoms with Gasteiger partial charge >= 0.3 is 0 Å². The number of benzene rings is 2. The SMILES string of the molecule is CC(NC(=O)CN1Cc2ccc(-c3nc(NC4CCOCC4)ncc3Cl)cc2C1=O)c1ccccc1Br. The second-order valence-corrected chi connectivity index (χ2v) is 10.5. The summed E-state index contributed by atoms with van der Waals surface area (Å²) >= 11 is 9.96. The van der Waals surface area contributed by atoms with Crippen molar-refractivity contribution in [1.82, 2.24) is 20.2 Å². The van der Waals surface area contributed by atoms with Gasteiger partial charge in [0.1, 0.15) is 6.54 Å². The maximum absolute atomic E-state index is 13.2. The molecule has 0 aliphatic carbocycles. The highest BCUT2D eigenvalue weighted by molar-refractivity contribution is 9.10. The first kappa shape index (κ1) is 25.6. The maximum Gasteiger partial charge on any atom is 0.254 e. The zero-order valence-corrected chi connectivity index (χ0v) is 22.7. The van der Waals surface area contributed by atoms with E-state index in [1.165, 1.54) is 0 Å². The van der Waals surface area contributed by atoms with Crippen molar-refractivity contribution in [3.63, 3.8) is 0 Å². The largest absolute Gasteiger partial charge is 0.381 e. The molecule has 0 saturated carbocycles. The highest BCUT2D eigenvalue weighted by Gasteiger charge is 2.30. The number of aromatic nitrogens is 2. The zero-order chi connectivity index (χ0) is 25.9. The quantitative estimate of drug-likeness (QED) is 0.407. The molecule has 10 heteroatoms. The number of ether oxygens (including phenoxy) is 1. The summed E-state index contributed by atoms with van der Waals surface area (Å²) in [6, 6.07) is 13.4. The summed E-state index contributed by atoms with van der Waals surface area (Å²) in [5.74, 6) is 0.0918. The number of nitrogens with zero attached hydrogens (tertiary/aromatic N) is 3. The van der Waals surface area contributed by atoms with E-state index in [-0.39, 0.29) is 30.4 Å². The van der Waals surface area contributed by atoms with Gasteiger partial charge in [-0.3, -0.25) is 9.59 Å². The molecule has 1 unspecified atom stereocenters. The summed E-state index contributed by atoms with van der Waals surface area (Å²) < 4.78 is 6.34. The number of carbonyl (C=O) groups is 2. The van der Waals surface area contributed by atoms with Crippen LogP contribution in [0.25, 0.3) is 11.3 Å². The van der Waals surface area contributed by atoms with Gasteiger partial charge in [-0.05, 0) is 43.0 Å². The molecule has 0 spiro atoms. The predicted octanol–water partition coefficient (Wildman–Crippen LogP) is 4.98. The maximum atomic E-state index is 13.2. The topological polar surface area (TPSA) is 96.5 Å². The van der Waals surface area contributed by atoms with Gasteiger partial charge in [0, 0.05) is 41.4 Å². The van der Waals surface area contributed by atoms with E-state index < -0.39 is 0 Å². The lowest BCUT2D eigenvalue weighted by Crippen LogP contribution is -2.38. The lowest BCUT2D eigenvalue weighted by molar-refractivity contribution is -0.122. The van der Waals surface area contributed by atoms with E-state index in [0.29, 0.717) is 42.0 Å². The van der Waals surface area contributed by atoms with Crippen LogP contribution in [0.5, 0.6) is 0 Å². The second kappa shape index (κ2) is 11.2. The van der Waals surface area contributed by atoms with Crippen LogP contribution < -0.4 is 10.6 Å². The van der Waals surface area contributed by atoms with E-state index in [9.17, 15) is 9.59 Å². The number of amides is 2. The average Bonchev–Trinajstić information content (AvgIpc) is 3.20. The molecule has 2 amide bonds. The minimum absolute atomic E-state index is 0.0227. The van der Waals surface area contributed by atoms with Crippen molar-refractivity contribution in [1.29, 1.82) is 0 Å². The van der Waals surface area contributed by atoms with Gasteiger partial charge in [-0.2, -0.15) is 0 Å². The lowest BCUT2D eigenvalue weighted by atomic mass is 10.0. The Labute approximate surface area is 228 Å². The fourth-order valence-corrected chi connectivity index (χ4v) is 5.49. The zero-order valence-electron chi connectivity index (χ0n) is 20.3. The first-order valence-corrected chi connectivity index (χ1v) is 13.4. The summed E-state index contributed by atoms with van der Waals surface area (Å²) in [4.78, 5) is 36.5. The normalized spacial score (nSPS) is 16.4. The van der Waals surface area contributed by atoms with Gasteiger partial charge < -0.3 is 20.3 Å². The van der Waals surface area contributed by atoms with Gasteiger partial charge in [0.15, 0.2) is 0 Å². The third-order valence-electron chi connectivity index (χ3n) is 6.64. The predicted molar refractivity (Wildman–Crippen MR) is 145 cm³/mol. The van der Waals surface area contributed by atoms with E-state index >= 15 is 0 Å². The fourth-order valence-electron chi connectivity index (χ4n) is 4.66. The Morgan fingerprint density at radius 3 is 2.81 bits per heavy atom. The molecule has 1 fully saturated rings. The number of halogens is 2. The standard InChI is InChI=1S/C27H27BrClN5O3/c1-16(20-4-2-3-5-22(20)28)31-24(35)15-34-14-18-7-6-17(12-21(18)26(34)36)25-23(29)13-30-27(33-25)32-19-8-10-37-11-9-19/h2-7,12-13,16,19H,8-11,14-15H2,1H3,(H,31,35)(H,30,32,33). The molecule has 1 saturated heterocycles. The van der Waals surface area contributed by atoms with Crippen molar-refractivity contribution in [3.05, 3.63) is 74.8 Å². The molecule has 0 bridgehead atoms. The number of fused-ring (bicyclic) bond motifs is 1. The Kier molecular flexibility index (Phi) is 7.73. The van der Waals surface area contributed by atoms with Crippen LogP contribution in [-0.4, -0.2) is 52.5 Å². The molecule has 1 atom stereocenters. The molecule has 5 rings (SSSR count). The Bertz CT molecular complexity index is 1330. The second-order valence-electron chi connectivity index (χ2n) is 9.26. The van der Waals surface area contributed by atoms with Gasteiger partial charge in [-0.1, -0.05) is 57.9 Å². The van der Waals surface area contributed by atoms with Crippen molar-refractivity contribution in [3.8, 4) is 11.3 Å². The van der Waals surface area contributed by atoms with E-state index in [2.05, 4.69) is 36.5 Å². The average molecular weight is 585 g/mol. The Hall–Kier alpha value is -3.01. The number of rotatable bonds is 7. The first-order chi connectivity index (χ1) is 17.9. The molecule has 192 valence electrons. The summed E-state index contributed by atoms with van der Waals surface area (Å²) in [7, 11) is 0. The molecule has 3 aromatic rings. The smallest absolute Gasteiger partial charge is 0.254 e. The number of carbonyl (C=O) groups excluding carboxylic acids is 2. The first-order valence-electron chi connectivity index (χ1n) is 12.2. The minimum Gasteiger partial charge on any atom is -0.381 e. The van der Waals surface area contributed by atoms with Gasteiger partial charge in [-0.25, -0.2) is 9.97 Å². The summed E-state index contributed by atoms with van der Waals surface area (Å²) in [6.07, 6.45) is 3.35. The van der Waals surface area contributed by atoms with Crippen LogP contribution >= 0.6 is 27.5 Å². The number of nitrogens with one attached hydrogen (secondary N) is 2. The molecule has 8 nitrogen and oxygen atoms in total. The molecule has 0 radical (unpaired) electrons. The van der Waals surface area contributed by atoms with Crippen LogP contribution in [0.15, 0.2) is 53.1 Å². The molecule has 1 aromatic heterocycles. The van der Waals surface area contributed by atoms with Crippen molar-refractivity contribution in [2.45, 2.75) is 38.4 Å².